The number of aryl methyl sites for hydroxylation is 2. The summed E-state index contributed by atoms with van der Waals surface area (Å²) in [5, 5.41) is 10.4. The van der Waals surface area contributed by atoms with Gasteiger partial charge in [0.2, 0.25) is 0 Å². The molecule has 0 amide bonds. The molecule has 1 N–H and O–H groups in total. The van der Waals surface area contributed by atoms with Crippen molar-refractivity contribution in [3.05, 3.63) is 68.9 Å². The van der Waals surface area contributed by atoms with Crippen LogP contribution in [-0.2, 0) is 19.3 Å². The van der Waals surface area contributed by atoms with Gasteiger partial charge in [0.15, 0.2) is 0 Å². The number of hydrogen-bond acceptors (Lipinski definition) is 1. The Kier molecular flexibility index (Phi) is 3.90. The van der Waals surface area contributed by atoms with Crippen LogP contribution in [0.4, 0.5) is 4.39 Å². The first kappa shape index (κ1) is 13.8. The topological polar surface area (TPSA) is 20.2 Å². The molecule has 1 unspecified atom stereocenters. The first-order valence-electron chi connectivity index (χ1n) is 6.87. The maximum Gasteiger partial charge on any atom is 0.137 e. The van der Waals surface area contributed by atoms with Crippen LogP contribution in [0.2, 0.25) is 0 Å². The number of rotatable bonds is 3. The van der Waals surface area contributed by atoms with E-state index in [1.807, 2.05) is 6.07 Å². The van der Waals surface area contributed by atoms with Crippen LogP contribution in [0, 0.1) is 5.82 Å². The van der Waals surface area contributed by atoms with E-state index in [0.717, 1.165) is 24.0 Å². The lowest BCUT2D eigenvalue weighted by Crippen LogP contribution is -2.03. The van der Waals surface area contributed by atoms with Crippen molar-refractivity contribution in [1.82, 2.24) is 0 Å². The first-order valence-corrected chi connectivity index (χ1v) is 7.66. The SMILES string of the molecule is OC(Cc1ccc(F)c(Br)c1)c1ccc2c(c1)CCC2. The molecule has 1 aliphatic rings. The molecule has 104 valence electrons. The summed E-state index contributed by atoms with van der Waals surface area (Å²) in [4.78, 5) is 0. The summed E-state index contributed by atoms with van der Waals surface area (Å²) in [5.41, 5.74) is 4.64. The number of benzene rings is 2. The highest BCUT2D eigenvalue weighted by Crippen LogP contribution is 2.27. The smallest absolute Gasteiger partial charge is 0.137 e. The zero-order valence-corrected chi connectivity index (χ0v) is 12.7. The van der Waals surface area contributed by atoms with E-state index < -0.39 is 6.10 Å². The Balaban J connectivity index is 1.78. The fourth-order valence-corrected chi connectivity index (χ4v) is 3.23. The lowest BCUT2D eigenvalue weighted by Gasteiger charge is -2.13. The molecular formula is C17H16BrFO. The molecule has 0 radical (unpaired) electrons. The molecule has 20 heavy (non-hydrogen) atoms. The second-order valence-corrected chi connectivity index (χ2v) is 6.20. The summed E-state index contributed by atoms with van der Waals surface area (Å²) in [5.74, 6) is -0.277. The van der Waals surface area contributed by atoms with Crippen molar-refractivity contribution in [3.8, 4) is 0 Å². The molecule has 0 aromatic heterocycles. The normalized spacial score (nSPS) is 15.2. The van der Waals surface area contributed by atoms with E-state index in [1.165, 1.54) is 23.6 Å². The van der Waals surface area contributed by atoms with Crippen molar-refractivity contribution in [2.75, 3.05) is 0 Å². The summed E-state index contributed by atoms with van der Waals surface area (Å²) in [6.45, 7) is 0. The Morgan fingerprint density at radius 3 is 2.70 bits per heavy atom. The van der Waals surface area contributed by atoms with Gasteiger partial charge in [0, 0.05) is 6.42 Å². The van der Waals surface area contributed by atoms with E-state index in [4.69, 9.17) is 0 Å². The first-order chi connectivity index (χ1) is 9.63. The molecule has 0 saturated heterocycles. The summed E-state index contributed by atoms with van der Waals surface area (Å²) in [6.07, 6.45) is 3.42. The Labute approximate surface area is 126 Å². The van der Waals surface area contributed by atoms with Crippen LogP contribution in [0.5, 0.6) is 0 Å². The van der Waals surface area contributed by atoms with Crippen LogP contribution in [0.15, 0.2) is 40.9 Å². The summed E-state index contributed by atoms with van der Waals surface area (Å²) < 4.78 is 13.6. The zero-order chi connectivity index (χ0) is 14.1. The molecule has 2 aromatic carbocycles. The van der Waals surface area contributed by atoms with E-state index in [-0.39, 0.29) is 5.82 Å². The monoisotopic (exact) mass is 334 g/mol. The van der Waals surface area contributed by atoms with E-state index in [0.29, 0.717) is 10.9 Å². The molecule has 2 aromatic rings. The predicted molar refractivity (Wildman–Crippen MR) is 81.2 cm³/mol. The van der Waals surface area contributed by atoms with Gasteiger partial charge in [0.25, 0.3) is 0 Å². The largest absolute Gasteiger partial charge is 0.388 e. The second kappa shape index (κ2) is 5.66. The summed E-state index contributed by atoms with van der Waals surface area (Å²) in [6, 6.07) is 11.1. The van der Waals surface area contributed by atoms with Gasteiger partial charge < -0.3 is 5.11 Å². The zero-order valence-electron chi connectivity index (χ0n) is 11.1. The quantitative estimate of drug-likeness (QED) is 0.884. The molecule has 1 aliphatic carbocycles. The average molecular weight is 335 g/mol. The van der Waals surface area contributed by atoms with E-state index in [1.54, 1.807) is 12.1 Å². The van der Waals surface area contributed by atoms with Gasteiger partial charge in [-0.05, 0) is 69.6 Å². The van der Waals surface area contributed by atoms with Crippen molar-refractivity contribution in [2.45, 2.75) is 31.8 Å². The summed E-state index contributed by atoms with van der Waals surface area (Å²) in [7, 11) is 0. The Morgan fingerprint density at radius 2 is 1.90 bits per heavy atom. The number of aliphatic hydroxyl groups is 1. The van der Waals surface area contributed by atoms with Crippen LogP contribution in [0.25, 0.3) is 0 Å². The van der Waals surface area contributed by atoms with Gasteiger partial charge in [-0.15, -0.1) is 0 Å². The third kappa shape index (κ3) is 2.79. The number of hydrogen-bond donors (Lipinski definition) is 1. The van der Waals surface area contributed by atoms with E-state index in [9.17, 15) is 9.50 Å². The molecular weight excluding hydrogens is 319 g/mol. The van der Waals surface area contributed by atoms with E-state index in [2.05, 4.69) is 28.1 Å². The van der Waals surface area contributed by atoms with Gasteiger partial charge in [-0.2, -0.15) is 0 Å². The van der Waals surface area contributed by atoms with E-state index >= 15 is 0 Å². The fraction of sp³-hybridized carbons (Fsp3) is 0.294. The third-order valence-corrected chi connectivity index (χ3v) is 4.53. The standard InChI is InChI=1S/C17H16BrFO/c18-15-8-11(4-7-16(15)19)9-17(20)14-6-5-12-2-1-3-13(12)10-14/h4-8,10,17,20H,1-3,9H2. The van der Waals surface area contributed by atoms with Crippen LogP contribution in [0.1, 0.15) is 34.8 Å². The minimum atomic E-state index is -0.543. The Bertz CT molecular complexity index is 639. The number of halogens is 2. The highest BCUT2D eigenvalue weighted by Gasteiger charge is 2.15. The van der Waals surface area contributed by atoms with Gasteiger partial charge in [0.05, 0.1) is 10.6 Å². The van der Waals surface area contributed by atoms with Crippen molar-refractivity contribution in [2.24, 2.45) is 0 Å². The van der Waals surface area contributed by atoms with Crippen LogP contribution in [0.3, 0.4) is 0 Å². The van der Waals surface area contributed by atoms with Crippen molar-refractivity contribution < 1.29 is 9.50 Å². The molecule has 3 heteroatoms. The molecule has 0 saturated carbocycles. The van der Waals surface area contributed by atoms with Crippen LogP contribution >= 0.6 is 15.9 Å². The highest BCUT2D eigenvalue weighted by atomic mass is 79.9. The minimum Gasteiger partial charge on any atom is -0.388 e. The predicted octanol–water partition coefficient (Wildman–Crippen LogP) is 4.35. The molecule has 0 heterocycles. The lowest BCUT2D eigenvalue weighted by atomic mass is 9.98. The molecule has 0 spiro atoms. The van der Waals surface area contributed by atoms with Gasteiger partial charge in [-0.25, -0.2) is 4.39 Å². The molecule has 0 bridgehead atoms. The molecule has 1 nitrogen and oxygen atoms in total. The lowest BCUT2D eigenvalue weighted by molar-refractivity contribution is 0.178. The molecule has 3 rings (SSSR count). The molecule has 1 atom stereocenters. The fourth-order valence-electron chi connectivity index (χ4n) is 2.81. The maximum absolute atomic E-state index is 13.2. The second-order valence-electron chi connectivity index (χ2n) is 5.35. The van der Waals surface area contributed by atoms with Crippen LogP contribution in [-0.4, -0.2) is 5.11 Å². The molecule has 0 aliphatic heterocycles. The average Bonchev–Trinajstić information content (AvgIpc) is 2.90. The van der Waals surface area contributed by atoms with Gasteiger partial charge >= 0.3 is 0 Å². The molecule has 0 fully saturated rings. The van der Waals surface area contributed by atoms with Gasteiger partial charge in [-0.3, -0.25) is 0 Å². The third-order valence-electron chi connectivity index (χ3n) is 3.92. The Morgan fingerprint density at radius 1 is 1.10 bits per heavy atom. The van der Waals surface area contributed by atoms with Crippen molar-refractivity contribution in [3.63, 3.8) is 0 Å². The van der Waals surface area contributed by atoms with Gasteiger partial charge in [-0.1, -0.05) is 24.3 Å². The number of fused-ring (bicyclic) bond motifs is 1. The minimum absolute atomic E-state index is 0.277. The Hall–Kier alpha value is -1.19. The number of aliphatic hydroxyl groups excluding tert-OH is 1. The maximum atomic E-state index is 13.2. The van der Waals surface area contributed by atoms with Crippen molar-refractivity contribution >= 4 is 15.9 Å². The van der Waals surface area contributed by atoms with Crippen LogP contribution < -0.4 is 0 Å². The highest BCUT2D eigenvalue weighted by molar-refractivity contribution is 9.10. The van der Waals surface area contributed by atoms with Crippen molar-refractivity contribution in [1.29, 1.82) is 0 Å². The van der Waals surface area contributed by atoms with Gasteiger partial charge in [0.1, 0.15) is 5.82 Å². The summed E-state index contributed by atoms with van der Waals surface area (Å²) >= 11 is 3.18.